The molecule has 0 spiro atoms. The van der Waals surface area contributed by atoms with Gasteiger partial charge >= 0.3 is 0 Å². The summed E-state index contributed by atoms with van der Waals surface area (Å²) in [5.41, 5.74) is 8.41. The standard InChI is InChI=1S/C31H28Cl2FN3O3/c1-19(27-24(32)11-12-25(34)28(27)33)40-26-17-22(18-36-29(26)35)20-7-9-21(10-8-20)30(38)37-15-13-31(39,14-16-37)23-5-3-2-4-6-23/h2-12,17-19,39H,13-16H2,1H3,(H2,35,36). The van der Waals surface area contributed by atoms with Crippen LogP contribution in [-0.4, -0.2) is 34.0 Å². The number of carbonyl (C=O) groups excluding carboxylic acids is 1. The Hall–Kier alpha value is -3.65. The number of aliphatic hydroxyl groups is 1. The molecule has 6 nitrogen and oxygen atoms in total. The Kier molecular flexibility index (Phi) is 7.99. The molecule has 0 aliphatic carbocycles. The number of amides is 1. The number of piperidine rings is 1. The lowest BCUT2D eigenvalue weighted by Crippen LogP contribution is -2.45. The number of nitrogen functional groups attached to an aromatic ring is 1. The molecule has 0 bridgehead atoms. The normalized spacial score (nSPS) is 15.5. The molecular weight excluding hydrogens is 552 g/mol. The second-order valence-corrected chi connectivity index (χ2v) is 10.7. The first kappa shape index (κ1) is 27.9. The molecule has 9 heteroatoms. The fourth-order valence-electron chi connectivity index (χ4n) is 4.98. The van der Waals surface area contributed by atoms with E-state index in [1.165, 1.54) is 12.1 Å². The van der Waals surface area contributed by atoms with Crippen LogP contribution in [0.3, 0.4) is 0 Å². The second-order valence-electron chi connectivity index (χ2n) is 9.89. The molecule has 40 heavy (non-hydrogen) atoms. The van der Waals surface area contributed by atoms with E-state index in [9.17, 15) is 14.3 Å². The van der Waals surface area contributed by atoms with E-state index in [2.05, 4.69) is 4.98 Å². The second kappa shape index (κ2) is 11.5. The highest BCUT2D eigenvalue weighted by Crippen LogP contribution is 2.37. The van der Waals surface area contributed by atoms with Gasteiger partial charge in [-0.2, -0.15) is 0 Å². The van der Waals surface area contributed by atoms with Crippen molar-refractivity contribution in [1.29, 1.82) is 0 Å². The van der Waals surface area contributed by atoms with Crippen molar-refractivity contribution in [3.05, 3.63) is 112 Å². The number of benzene rings is 3. The Labute approximate surface area is 242 Å². The van der Waals surface area contributed by atoms with Crippen LogP contribution in [0, 0.1) is 5.82 Å². The molecule has 1 fully saturated rings. The quantitative estimate of drug-likeness (QED) is 0.239. The highest BCUT2D eigenvalue weighted by Gasteiger charge is 2.35. The lowest BCUT2D eigenvalue weighted by molar-refractivity contribution is -0.0211. The van der Waals surface area contributed by atoms with Crippen molar-refractivity contribution in [3.8, 4) is 16.9 Å². The van der Waals surface area contributed by atoms with Gasteiger partial charge in [0.2, 0.25) is 0 Å². The van der Waals surface area contributed by atoms with Crippen molar-refractivity contribution in [2.75, 3.05) is 18.8 Å². The van der Waals surface area contributed by atoms with Crippen molar-refractivity contribution in [1.82, 2.24) is 9.88 Å². The molecule has 1 aromatic heterocycles. The Morgan fingerprint density at radius 1 is 1.05 bits per heavy atom. The number of hydrogen-bond donors (Lipinski definition) is 2. The molecule has 4 aromatic rings. The van der Waals surface area contributed by atoms with Gasteiger partial charge in [-0.3, -0.25) is 4.79 Å². The van der Waals surface area contributed by atoms with Gasteiger partial charge in [-0.15, -0.1) is 0 Å². The van der Waals surface area contributed by atoms with Crippen molar-refractivity contribution in [2.45, 2.75) is 31.5 Å². The number of pyridine rings is 1. The van der Waals surface area contributed by atoms with E-state index in [-0.39, 0.29) is 21.8 Å². The van der Waals surface area contributed by atoms with E-state index >= 15 is 0 Å². The number of aromatic nitrogens is 1. The largest absolute Gasteiger partial charge is 0.482 e. The SMILES string of the molecule is CC(Oc1cc(-c2ccc(C(=O)N3CCC(O)(c4ccccc4)CC3)cc2)cnc1N)c1c(Cl)ccc(F)c1Cl. The predicted molar refractivity (Wildman–Crippen MR) is 155 cm³/mol. The molecule has 3 aromatic carbocycles. The summed E-state index contributed by atoms with van der Waals surface area (Å²) in [6, 6.07) is 21.1. The van der Waals surface area contributed by atoms with Crippen LogP contribution in [0.1, 0.15) is 47.4 Å². The topological polar surface area (TPSA) is 88.7 Å². The van der Waals surface area contributed by atoms with Crippen LogP contribution < -0.4 is 10.5 Å². The Balaban J connectivity index is 1.28. The molecule has 0 saturated carbocycles. The summed E-state index contributed by atoms with van der Waals surface area (Å²) in [4.78, 5) is 19.2. The Bertz CT molecular complexity index is 1530. The summed E-state index contributed by atoms with van der Waals surface area (Å²) in [6.45, 7) is 2.62. The van der Waals surface area contributed by atoms with Gasteiger partial charge in [0, 0.05) is 41.0 Å². The van der Waals surface area contributed by atoms with Gasteiger partial charge in [-0.25, -0.2) is 9.37 Å². The summed E-state index contributed by atoms with van der Waals surface area (Å²) >= 11 is 12.4. The number of rotatable bonds is 6. The van der Waals surface area contributed by atoms with E-state index in [0.29, 0.717) is 42.8 Å². The van der Waals surface area contributed by atoms with Gasteiger partial charge in [0.1, 0.15) is 11.9 Å². The smallest absolute Gasteiger partial charge is 0.253 e. The van der Waals surface area contributed by atoms with E-state index in [1.807, 2.05) is 42.5 Å². The van der Waals surface area contributed by atoms with Crippen LogP contribution in [0.2, 0.25) is 10.0 Å². The first-order chi connectivity index (χ1) is 19.2. The molecule has 1 unspecified atom stereocenters. The van der Waals surface area contributed by atoms with Gasteiger partial charge in [0.15, 0.2) is 11.6 Å². The van der Waals surface area contributed by atoms with Crippen molar-refractivity contribution in [3.63, 3.8) is 0 Å². The van der Waals surface area contributed by atoms with Crippen LogP contribution in [0.4, 0.5) is 10.2 Å². The molecule has 1 amide bonds. The predicted octanol–water partition coefficient (Wildman–Crippen LogP) is 7.04. The molecule has 3 N–H and O–H groups in total. The molecule has 1 saturated heterocycles. The Morgan fingerprint density at radius 3 is 2.40 bits per heavy atom. The number of anilines is 1. The molecule has 0 radical (unpaired) electrons. The summed E-state index contributed by atoms with van der Waals surface area (Å²) in [7, 11) is 0. The zero-order chi connectivity index (χ0) is 28.4. The number of ether oxygens (including phenoxy) is 1. The fourth-order valence-corrected chi connectivity index (χ4v) is 5.65. The maximum absolute atomic E-state index is 14.0. The van der Waals surface area contributed by atoms with E-state index in [0.717, 1.165) is 16.7 Å². The molecule has 1 aliphatic heterocycles. The van der Waals surface area contributed by atoms with Crippen LogP contribution in [0.5, 0.6) is 5.75 Å². The van der Waals surface area contributed by atoms with Crippen LogP contribution >= 0.6 is 23.2 Å². The molecule has 2 heterocycles. The maximum atomic E-state index is 14.0. The highest BCUT2D eigenvalue weighted by molar-refractivity contribution is 6.36. The molecular formula is C31H28Cl2FN3O3. The van der Waals surface area contributed by atoms with Crippen LogP contribution in [0.25, 0.3) is 11.1 Å². The minimum atomic E-state index is -0.924. The average molecular weight is 580 g/mol. The third kappa shape index (κ3) is 5.63. The first-order valence-corrected chi connectivity index (χ1v) is 13.6. The van der Waals surface area contributed by atoms with Gasteiger partial charge in [0.25, 0.3) is 5.91 Å². The van der Waals surface area contributed by atoms with Gasteiger partial charge in [-0.05, 0) is 61.2 Å². The number of nitrogens with zero attached hydrogens (tertiary/aromatic N) is 2. The summed E-state index contributed by atoms with van der Waals surface area (Å²) < 4.78 is 20.0. The van der Waals surface area contributed by atoms with Gasteiger partial charge in [0.05, 0.1) is 10.6 Å². The number of hydrogen-bond acceptors (Lipinski definition) is 5. The van der Waals surface area contributed by atoms with Crippen molar-refractivity contribution in [2.24, 2.45) is 0 Å². The molecule has 5 rings (SSSR count). The molecule has 206 valence electrons. The lowest BCUT2D eigenvalue weighted by atomic mass is 9.84. The lowest BCUT2D eigenvalue weighted by Gasteiger charge is -2.38. The van der Waals surface area contributed by atoms with E-state index < -0.39 is 17.5 Å². The third-order valence-electron chi connectivity index (χ3n) is 7.33. The Morgan fingerprint density at radius 2 is 1.73 bits per heavy atom. The van der Waals surface area contributed by atoms with E-state index in [1.54, 1.807) is 36.2 Å². The average Bonchev–Trinajstić information content (AvgIpc) is 2.97. The third-order valence-corrected chi connectivity index (χ3v) is 8.04. The first-order valence-electron chi connectivity index (χ1n) is 12.9. The van der Waals surface area contributed by atoms with E-state index in [4.69, 9.17) is 33.7 Å². The fraction of sp³-hybridized carbons (Fsp3) is 0.226. The summed E-state index contributed by atoms with van der Waals surface area (Å²) in [5, 5.41) is 11.3. The van der Waals surface area contributed by atoms with Crippen LogP contribution in [-0.2, 0) is 5.60 Å². The highest BCUT2D eigenvalue weighted by atomic mass is 35.5. The minimum Gasteiger partial charge on any atom is -0.482 e. The number of likely N-dealkylation sites (tertiary alicyclic amines) is 1. The maximum Gasteiger partial charge on any atom is 0.253 e. The minimum absolute atomic E-state index is 0.0845. The zero-order valence-electron chi connectivity index (χ0n) is 21.8. The number of nitrogens with two attached hydrogens (primary N) is 1. The van der Waals surface area contributed by atoms with Crippen LogP contribution in [0.15, 0.2) is 79.0 Å². The monoisotopic (exact) mass is 579 g/mol. The summed E-state index contributed by atoms with van der Waals surface area (Å²) in [6.07, 6.45) is 1.87. The molecule has 1 atom stereocenters. The zero-order valence-corrected chi connectivity index (χ0v) is 23.3. The van der Waals surface area contributed by atoms with Crippen molar-refractivity contribution >= 4 is 34.9 Å². The van der Waals surface area contributed by atoms with Gasteiger partial charge in [-0.1, -0.05) is 65.7 Å². The molecule has 1 aliphatic rings. The number of halogens is 3. The summed E-state index contributed by atoms with van der Waals surface area (Å²) in [5.74, 6) is -0.228. The van der Waals surface area contributed by atoms with Gasteiger partial charge < -0.3 is 20.5 Å². The van der Waals surface area contributed by atoms with Crippen molar-refractivity contribution < 1.29 is 19.0 Å². The number of carbonyl (C=O) groups is 1.